The maximum Gasteiger partial charge on any atom is 0.326 e. The van der Waals surface area contributed by atoms with E-state index in [4.69, 9.17) is 22.9 Å². The summed E-state index contributed by atoms with van der Waals surface area (Å²) in [5.74, 6) is -4.49. The Balaban J connectivity index is 3.04. The molecule has 0 bridgehead atoms. The van der Waals surface area contributed by atoms with Gasteiger partial charge in [-0.05, 0) is 43.9 Å². The number of carbonyl (C=O) groups is 5. The van der Waals surface area contributed by atoms with Crippen LogP contribution in [0.3, 0.4) is 0 Å². The Morgan fingerprint density at radius 1 is 0.868 bits per heavy atom. The molecule has 210 valence electrons. The first-order valence-electron chi connectivity index (χ1n) is 11.8. The molecular formula is C23H36N8O7. The first kappa shape index (κ1) is 31.6. The summed E-state index contributed by atoms with van der Waals surface area (Å²) in [6.07, 6.45) is -0.240. The van der Waals surface area contributed by atoms with Crippen molar-refractivity contribution in [2.75, 3.05) is 6.54 Å². The van der Waals surface area contributed by atoms with Crippen molar-refractivity contribution in [3.05, 3.63) is 29.8 Å². The van der Waals surface area contributed by atoms with Gasteiger partial charge in [0.15, 0.2) is 5.96 Å². The van der Waals surface area contributed by atoms with Crippen molar-refractivity contribution in [1.82, 2.24) is 16.0 Å². The number of aliphatic carboxylic acids is 1. The van der Waals surface area contributed by atoms with Crippen LogP contribution < -0.4 is 38.9 Å². The predicted molar refractivity (Wildman–Crippen MR) is 137 cm³/mol. The summed E-state index contributed by atoms with van der Waals surface area (Å²) in [7, 11) is 0. The molecular weight excluding hydrogens is 500 g/mol. The highest BCUT2D eigenvalue weighted by molar-refractivity contribution is 5.94. The molecule has 4 atom stereocenters. The van der Waals surface area contributed by atoms with Crippen LogP contribution in [0.1, 0.15) is 38.2 Å². The number of carboxylic acid groups (broad SMARTS) is 1. The van der Waals surface area contributed by atoms with Gasteiger partial charge in [-0.2, -0.15) is 0 Å². The molecule has 13 N–H and O–H groups in total. The van der Waals surface area contributed by atoms with Crippen molar-refractivity contribution < 1.29 is 34.2 Å². The highest BCUT2D eigenvalue weighted by Crippen LogP contribution is 2.12. The Bertz CT molecular complexity index is 1010. The van der Waals surface area contributed by atoms with Crippen LogP contribution in [0.4, 0.5) is 0 Å². The van der Waals surface area contributed by atoms with Crippen molar-refractivity contribution in [1.29, 1.82) is 0 Å². The molecule has 38 heavy (non-hydrogen) atoms. The standard InChI is InChI=1S/C23H36N8O7/c1-12(24)19(34)29-15(3-2-10-28-23(26)27)20(35)30-16(8-9-18(25)33)21(36)31-17(22(37)38)11-13-4-6-14(32)7-5-13/h4-7,12,15-17,32H,2-3,8-11,24H2,1H3,(H2,25,33)(H,29,34)(H,30,35)(H,31,36)(H,37,38)(H4,26,27,28). The van der Waals surface area contributed by atoms with E-state index in [1.54, 1.807) is 0 Å². The van der Waals surface area contributed by atoms with E-state index in [-0.39, 0.29) is 43.9 Å². The third-order valence-corrected chi connectivity index (χ3v) is 5.29. The van der Waals surface area contributed by atoms with E-state index in [9.17, 15) is 34.2 Å². The lowest BCUT2D eigenvalue weighted by molar-refractivity contribution is -0.142. The number of phenols is 1. The number of carbonyl (C=O) groups excluding carboxylic acids is 4. The molecule has 0 fully saturated rings. The Hall–Kier alpha value is -4.40. The fourth-order valence-electron chi connectivity index (χ4n) is 3.24. The monoisotopic (exact) mass is 536 g/mol. The van der Waals surface area contributed by atoms with Crippen LogP contribution in [0.2, 0.25) is 0 Å². The van der Waals surface area contributed by atoms with Crippen LogP contribution in [0, 0.1) is 0 Å². The number of amides is 4. The predicted octanol–water partition coefficient (Wildman–Crippen LogP) is -2.86. The van der Waals surface area contributed by atoms with Crippen LogP contribution in [0.25, 0.3) is 0 Å². The average molecular weight is 537 g/mol. The van der Waals surface area contributed by atoms with E-state index in [0.717, 1.165) is 0 Å². The number of aliphatic imine (C=N–C) groups is 1. The summed E-state index contributed by atoms with van der Waals surface area (Å²) in [6, 6.07) is 0.963. The second kappa shape index (κ2) is 15.7. The first-order chi connectivity index (χ1) is 17.8. The number of hydrogen-bond donors (Lipinski definition) is 9. The molecule has 0 saturated heterocycles. The van der Waals surface area contributed by atoms with E-state index >= 15 is 0 Å². The summed E-state index contributed by atoms with van der Waals surface area (Å²) in [6.45, 7) is 1.59. The number of nitrogens with two attached hydrogens (primary N) is 4. The number of carboxylic acids is 1. The zero-order valence-electron chi connectivity index (χ0n) is 21.1. The average Bonchev–Trinajstić information content (AvgIpc) is 2.83. The Morgan fingerprint density at radius 2 is 1.39 bits per heavy atom. The van der Waals surface area contributed by atoms with Gasteiger partial charge in [-0.25, -0.2) is 4.79 Å². The van der Waals surface area contributed by atoms with E-state index in [2.05, 4.69) is 20.9 Å². The zero-order chi connectivity index (χ0) is 28.8. The Morgan fingerprint density at radius 3 is 1.89 bits per heavy atom. The molecule has 4 unspecified atom stereocenters. The minimum absolute atomic E-state index is 0.0112. The molecule has 1 rings (SSSR count). The summed E-state index contributed by atoms with van der Waals surface area (Å²) < 4.78 is 0. The number of aromatic hydroxyl groups is 1. The third kappa shape index (κ3) is 12.0. The van der Waals surface area contributed by atoms with Crippen molar-refractivity contribution in [3.8, 4) is 5.75 Å². The number of nitrogens with one attached hydrogen (secondary N) is 3. The lowest BCUT2D eigenvalue weighted by Gasteiger charge is -2.25. The van der Waals surface area contributed by atoms with Gasteiger partial charge in [0.1, 0.15) is 23.9 Å². The number of benzene rings is 1. The number of guanidine groups is 1. The third-order valence-electron chi connectivity index (χ3n) is 5.29. The molecule has 0 saturated carbocycles. The molecule has 0 aliphatic heterocycles. The molecule has 0 aromatic heterocycles. The van der Waals surface area contributed by atoms with Crippen LogP contribution in [-0.2, 0) is 30.4 Å². The number of rotatable bonds is 16. The van der Waals surface area contributed by atoms with Gasteiger partial charge >= 0.3 is 5.97 Å². The summed E-state index contributed by atoms with van der Waals surface area (Å²) in [5.41, 5.74) is 21.9. The number of hydrogen-bond acceptors (Lipinski definition) is 8. The number of nitrogens with zero attached hydrogens (tertiary/aromatic N) is 1. The van der Waals surface area contributed by atoms with Gasteiger partial charge in [-0.1, -0.05) is 12.1 Å². The second-order valence-corrected chi connectivity index (χ2v) is 8.63. The van der Waals surface area contributed by atoms with Crippen molar-refractivity contribution in [2.45, 2.75) is 63.2 Å². The van der Waals surface area contributed by atoms with Gasteiger partial charge in [0, 0.05) is 19.4 Å². The molecule has 1 aromatic rings. The van der Waals surface area contributed by atoms with Crippen LogP contribution in [0.15, 0.2) is 29.3 Å². The maximum absolute atomic E-state index is 13.0. The van der Waals surface area contributed by atoms with E-state index in [1.807, 2.05) is 0 Å². The van der Waals surface area contributed by atoms with Crippen LogP contribution in [-0.4, -0.2) is 76.5 Å². The molecule has 0 aliphatic rings. The fourth-order valence-corrected chi connectivity index (χ4v) is 3.24. The van der Waals surface area contributed by atoms with Crippen molar-refractivity contribution >= 4 is 35.6 Å². The quantitative estimate of drug-likeness (QED) is 0.0591. The first-order valence-corrected chi connectivity index (χ1v) is 11.8. The minimum Gasteiger partial charge on any atom is -0.508 e. The Kier molecular flexibility index (Phi) is 13.0. The van der Waals surface area contributed by atoms with E-state index < -0.39 is 53.8 Å². The molecule has 1 aromatic carbocycles. The molecule has 15 nitrogen and oxygen atoms in total. The fraction of sp³-hybridized carbons (Fsp3) is 0.478. The topological polar surface area (TPSA) is 278 Å². The van der Waals surface area contributed by atoms with Gasteiger partial charge < -0.3 is 49.1 Å². The molecule has 15 heteroatoms. The highest BCUT2D eigenvalue weighted by atomic mass is 16.4. The minimum atomic E-state index is -1.38. The smallest absolute Gasteiger partial charge is 0.326 e. The van der Waals surface area contributed by atoms with Crippen molar-refractivity contribution in [3.63, 3.8) is 0 Å². The summed E-state index contributed by atoms with van der Waals surface area (Å²) >= 11 is 0. The maximum atomic E-state index is 13.0. The normalized spacial score (nSPS) is 13.7. The highest BCUT2D eigenvalue weighted by Gasteiger charge is 2.30. The van der Waals surface area contributed by atoms with Gasteiger partial charge in [0.25, 0.3) is 0 Å². The van der Waals surface area contributed by atoms with Crippen LogP contribution in [0.5, 0.6) is 5.75 Å². The van der Waals surface area contributed by atoms with Crippen LogP contribution >= 0.6 is 0 Å². The lowest BCUT2D eigenvalue weighted by atomic mass is 10.0. The molecule has 0 spiro atoms. The van der Waals surface area contributed by atoms with Gasteiger partial charge in [-0.3, -0.25) is 24.2 Å². The number of primary amides is 1. The molecule has 0 radical (unpaired) electrons. The van der Waals surface area contributed by atoms with E-state index in [0.29, 0.717) is 12.0 Å². The van der Waals surface area contributed by atoms with Gasteiger partial charge in [0.05, 0.1) is 6.04 Å². The SMILES string of the molecule is CC(N)C(=O)NC(CCCN=C(N)N)C(=O)NC(CCC(N)=O)C(=O)NC(Cc1ccc(O)cc1)C(=O)O. The largest absolute Gasteiger partial charge is 0.508 e. The molecule has 0 aliphatic carbocycles. The second-order valence-electron chi connectivity index (χ2n) is 8.63. The number of phenolic OH excluding ortho intramolecular Hbond substituents is 1. The van der Waals surface area contributed by atoms with Gasteiger partial charge in [0.2, 0.25) is 23.6 Å². The van der Waals surface area contributed by atoms with Gasteiger partial charge in [-0.15, -0.1) is 0 Å². The lowest BCUT2D eigenvalue weighted by Crippen LogP contribution is -2.57. The molecule has 4 amide bonds. The zero-order valence-corrected chi connectivity index (χ0v) is 21.1. The molecule has 0 heterocycles. The van der Waals surface area contributed by atoms with E-state index in [1.165, 1.54) is 31.2 Å². The summed E-state index contributed by atoms with van der Waals surface area (Å²) in [5, 5.41) is 26.3. The summed E-state index contributed by atoms with van der Waals surface area (Å²) in [4.78, 5) is 65.2. The Labute approximate surface area is 219 Å². The van der Waals surface area contributed by atoms with Crippen molar-refractivity contribution in [2.24, 2.45) is 27.9 Å².